The number of hydrogen-bond donors (Lipinski definition) is 1. The van der Waals surface area contributed by atoms with E-state index in [0.717, 1.165) is 19.3 Å². The lowest BCUT2D eigenvalue weighted by Crippen LogP contribution is -2.34. The van der Waals surface area contributed by atoms with Crippen LogP contribution in [0.3, 0.4) is 0 Å². The third-order valence-corrected chi connectivity index (χ3v) is 1.96. The predicted molar refractivity (Wildman–Crippen MR) is 39.3 cm³/mol. The Labute approximate surface area is 57.2 Å². The molecule has 9 heavy (non-hydrogen) atoms. The summed E-state index contributed by atoms with van der Waals surface area (Å²) in [4.78, 5) is 2.46. The number of nitrogens with zero attached hydrogens (tertiary/aromatic N) is 1. The smallest absolute Gasteiger partial charge is 0.0486 e. The number of rotatable bonds is 1. The van der Waals surface area contributed by atoms with Crippen molar-refractivity contribution >= 4 is 0 Å². The minimum Gasteiger partial charge on any atom is -0.303 e. The van der Waals surface area contributed by atoms with Crippen LogP contribution in [-0.2, 0) is 0 Å². The highest BCUT2D eigenvalue weighted by Crippen LogP contribution is 2.07. The van der Waals surface area contributed by atoms with Crippen LogP contribution in [0.15, 0.2) is 0 Å². The molecule has 0 amide bonds. The van der Waals surface area contributed by atoms with Crippen LogP contribution in [0, 0.1) is 0 Å². The van der Waals surface area contributed by atoms with Crippen LogP contribution in [0.25, 0.3) is 0 Å². The molecule has 0 spiro atoms. The highest BCUT2D eigenvalue weighted by molar-refractivity contribution is 4.77. The molecule has 1 aliphatic heterocycles. The van der Waals surface area contributed by atoms with Gasteiger partial charge in [0, 0.05) is 25.3 Å². The third kappa shape index (κ3) is 1.43. The van der Waals surface area contributed by atoms with Gasteiger partial charge < -0.3 is 5.32 Å². The van der Waals surface area contributed by atoms with Crippen molar-refractivity contribution in [2.45, 2.75) is 32.9 Å². The summed E-state index contributed by atoms with van der Waals surface area (Å²) in [6, 6.07) is 1.42. The van der Waals surface area contributed by atoms with Crippen molar-refractivity contribution in [2.24, 2.45) is 0 Å². The molecule has 0 unspecified atom stereocenters. The predicted octanol–water partition coefficient (Wildman–Crippen LogP) is 0.646. The Morgan fingerprint density at radius 1 is 1.56 bits per heavy atom. The topological polar surface area (TPSA) is 15.3 Å². The third-order valence-electron chi connectivity index (χ3n) is 1.96. The minimum atomic E-state index is 0.690. The van der Waals surface area contributed by atoms with Crippen LogP contribution in [0.5, 0.6) is 0 Å². The average Bonchev–Trinajstić information content (AvgIpc) is 2.13. The summed E-state index contributed by atoms with van der Waals surface area (Å²) in [7, 11) is 0. The zero-order valence-electron chi connectivity index (χ0n) is 6.52. The molecular formula is C7H16N2. The fourth-order valence-electron chi connectivity index (χ4n) is 1.37. The molecule has 0 saturated carbocycles. The standard InChI is InChI=1S/C7H16N2/c1-6(2)9-5-8-4-7(9)3/h6-8H,4-5H2,1-3H3/t7-/m0/s1. The lowest BCUT2D eigenvalue weighted by atomic mass is 10.2. The molecule has 1 N–H and O–H groups in total. The van der Waals surface area contributed by atoms with E-state index < -0.39 is 0 Å². The fraction of sp³-hybridized carbons (Fsp3) is 1.00. The van der Waals surface area contributed by atoms with Crippen LogP contribution in [0.4, 0.5) is 0 Å². The highest BCUT2D eigenvalue weighted by Gasteiger charge is 2.21. The molecule has 1 aliphatic rings. The Bertz CT molecular complexity index is 90.9. The van der Waals surface area contributed by atoms with Crippen molar-refractivity contribution in [1.29, 1.82) is 0 Å². The summed E-state index contributed by atoms with van der Waals surface area (Å²) >= 11 is 0. The second kappa shape index (κ2) is 2.67. The quantitative estimate of drug-likeness (QED) is 0.557. The molecule has 2 heteroatoms. The van der Waals surface area contributed by atoms with Crippen molar-refractivity contribution in [1.82, 2.24) is 10.2 Å². The molecule has 1 saturated heterocycles. The van der Waals surface area contributed by atoms with E-state index in [2.05, 4.69) is 31.0 Å². The average molecular weight is 128 g/mol. The molecule has 0 bridgehead atoms. The van der Waals surface area contributed by atoms with Gasteiger partial charge >= 0.3 is 0 Å². The van der Waals surface area contributed by atoms with Crippen LogP contribution in [0.1, 0.15) is 20.8 Å². The molecule has 0 aromatic rings. The van der Waals surface area contributed by atoms with Gasteiger partial charge in [-0.2, -0.15) is 0 Å². The molecule has 2 nitrogen and oxygen atoms in total. The Kier molecular flexibility index (Phi) is 2.09. The van der Waals surface area contributed by atoms with Gasteiger partial charge in [-0.25, -0.2) is 0 Å². The zero-order chi connectivity index (χ0) is 6.85. The van der Waals surface area contributed by atoms with Gasteiger partial charge in [-0.15, -0.1) is 0 Å². The van der Waals surface area contributed by atoms with Gasteiger partial charge in [0.15, 0.2) is 0 Å². The second-order valence-corrected chi connectivity index (χ2v) is 3.07. The van der Waals surface area contributed by atoms with E-state index in [9.17, 15) is 0 Å². The monoisotopic (exact) mass is 128 g/mol. The summed E-state index contributed by atoms with van der Waals surface area (Å²) in [5.41, 5.74) is 0. The molecule has 1 atom stereocenters. The summed E-state index contributed by atoms with van der Waals surface area (Å²) in [5, 5.41) is 3.33. The lowest BCUT2D eigenvalue weighted by Gasteiger charge is -2.23. The molecule has 0 aromatic carbocycles. The van der Waals surface area contributed by atoms with Gasteiger partial charge in [0.25, 0.3) is 0 Å². The van der Waals surface area contributed by atoms with Crippen molar-refractivity contribution in [3.8, 4) is 0 Å². The summed E-state index contributed by atoms with van der Waals surface area (Å²) in [6.45, 7) is 8.96. The Hall–Kier alpha value is -0.0800. The number of hydrogen-bond acceptors (Lipinski definition) is 2. The van der Waals surface area contributed by atoms with Crippen molar-refractivity contribution in [2.75, 3.05) is 13.2 Å². The number of nitrogens with one attached hydrogen (secondary N) is 1. The van der Waals surface area contributed by atoms with Crippen LogP contribution >= 0.6 is 0 Å². The van der Waals surface area contributed by atoms with E-state index in [4.69, 9.17) is 0 Å². The van der Waals surface area contributed by atoms with Gasteiger partial charge in [-0.1, -0.05) is 0 Å². The van der Waals surface area contributed by atoms with E-state index in [-0.39, 0.29) is 0 Å². The van der Waals surface area contributed by atoms with Crippen molar-refractivity contribution in [3.63, 3.8) is 0 Å². The van der Waals surface area contributed by atoms with Crippen molar-refractivity contribution < 1.29 is 0 Å². The van der Waals surface area contributed by atoms with Crippen LogP contribution in [0.2, 0.25) is 0 Å². The van der Waals surface area contributed by atoms with Crippen LogP contribution in [-0.4, -0.2) is 30.2 Å². The molecule has 0 radical (unpaired) electrons. The molecular weight excluding hydrogens is 112 g/mol. The first-order valence-electron chi connectivity index (χ1n) is 3.68. The largest absolute Gasteiger partial charge is 0.303 e. The summed E-state index contributed by atoms with van der Waals surface area (Å²) < 4.78 is 0. The molecule has 1 heterocycles. The molecule has 1 rings (SSSR count). The van der Waals surface area contributed by atoms with E-state index in [0.29, 0.717) is 6.04 Å². The van der Waals surface area contributed by atoms with Crippen molar-refractivity contribution in [3.05, 3.63) is 0 Å². The molecule has 54 valence electrons. The molecule has 0 aliphatic carbocycles. The first-order valence-corrected chi connectivity index (χ1v) is 3.68. The normalized spacial score (nSPS) is 30.0. The van der Waals surface area contributed by atoms with E-state index >= 15 is 0 Å². The van der Waals surface area contributed by atoms with Gasteiger partial charge in [0.2, 0.25) is 0 Å². The maximum atomic E-state index is 3.33. The first kappa shape index (κ1) is 7.03. The fourth-order valence-corrected chi connectivity index (χ4v) is 1.37. The van der Waals surface area contributed by atoms with E-state index in [1.807, 2.05) is 0 Å². The van der Waals surface area contributed by atoms with Crippen LogP contribution < -0.4 is 5.32 Å². The first-order chi connectivity index (χ1) is 4.22. The minimum absolute atomic E-state index is 0.690. The van der Waals surface area contributed by atoms with Gasteiger partial charge in [0.1, 0.15) is 0 Å². The SMILES string of the molecule is CC(C)N1CNC[C@@H]1C. The lowest BCUT2D eigenvalue weighted by molar-refractivity contribution is 0.218. The maximum Gasteiger partial charge on any atom is 0.0486 e. The maximum absolute atomic E-state index is 3.33. The Morgan fingerprint density at radius 2 is 2.22 bits per heavy atom. The second-order valence-electron chi connectivity index (χ2n) is 3.07. The zero-order valence-corrected chi connectivity index (χ0v) is 6.52. The van der Waals surface area contributed by atoms with E-state index in [1.54, 1.807) is 0 Å². The Balaban J connectivity index is 2.40. The van der Waals surface area contributed by atoms with Gasteiger partial charge in [-0.3, -0.25) is 4.90 Å². The molecule has 0 aromatic heterocycles. The Morgan fingerprint density at radius 3 is 2.44 bits per heavy atom. The van der Waals surface area contributed by atoms with Gasteiger partial charge in [-0.05, 0) is 20.8 Å². The summed E-state index contributed by atoms with van der Waals surface area (Å²) in [6.07, 6.45) is 0. The van der Waals surface area contributed by atoms with Gasteiger partial charge in [0.05, 0.1) is 0 Å². The van der Waals surface area contributed by atoms with E-state index in [1.165, 1.54) is 0 Å². The highest BCUT2D eigenvalue weighted by atomic mass is 15.3. The summed E-state index contributed by atoms with van der Waals surface area (Å²) in [5.74, 6) is 0. The molecule has 1 fully saturated rings.